The van der Waals surface area contributed by atoms with E-state index in [-0.39, 0.29) is 11.6 Å². The first-order chi connectivity index (χ1) is 13.1. The Bertz CT molecular complexity index is 921. The summed E-state index contributed by atoms with van der Waals surface area (Å²) in [5.41, 5.74) is 3.33. The van der Waals surface area contributed by atoms with Crippen LogP contribution in [0.25, 0.3) is 21.9 Å². The van der Waals surface area contributed by atoms with E-state index in [9.17, 15) is 9.50 Å². The summed E-state index contributed by atoms with van der Waals surface area (Å²) in [4.78, 5) is 0. The van der Waals surface area contributed by atoms with E-state index in [0.717, 1.165) is 22.4 Å². The minimum atomic E-state index is -0.295. The molecule has 0 radical (unpaired) electrons. The predicted molar refractivity (Wildman–Crippen MR) is 111 cm³/mol. The first kappa shape index (κ1) is 18.0. The zero-order chi connectivity index (χ0) is 18.8. The topological polar surface area (TPSA) is 20.2 Å². The minimum Gasteiger partial charge on any atom is -0.508 e. The Morgan fingerprint density at radius 3 is 2.33 bits per heavy atom. The van der Waals surface area contributed by atoms with Crippen molar-refractivity contribution in [1.29, 1.82) is 0 Å². The molecule has 0 bridgehead atoms. The number of fused-ring (bicyclic) bond motifs is 1. The van der Waals surface area contributed by atoms with Crippen LogP contribution in [0.3, 0.4) is 0 Å². The van der Waals surface area contributed by atoms with Crippen LogP contribution in [0.2, 0.25) is 0 Å². The lowest BCUT2D eigenvalue weighted by Gasteiger charge is -2.28. The Morgan fingerprint density at radius 1 is 0.889 bits per heavy atom. The minimum absolute atomic E-state index is 0.0900. The van der Waals surface area contributed by atoms with E-state index >= 15 is 0 Å². The van der Waals surface area contributed by atoms with Gasteiger partial charge in [-0.05, 0) is 83.9 Å². The van der Waals surface area contributed by atoms with Gasteiger partial charge >= 0.3 is 0 Å². The largest absolute Gasteiger partial charge is 0.508 e. The summed E-state index contributed by atoms with van der Waals surface area (Å²) >= 11 is 0. The van der Waals surface area contributed by atoms with Gasteiger partial charge in [0, 0.05) is 5.39 Å². The van der Waals surface area contributed by atoms with Gasteiger partial charge < -0.3 is 5.11 Å². The van der Waals surface area contributed by atoms with Crippen LogP contribution in [-0.2, 0) is 0 Å². The van der Waals surface area contributed by atoms with Crippen LogP contribution in [0.5, 0.6) is 5.75 Å². The number of phenols is 1. The van der Waals surface area contributed by atoms with Gasteiger partial charge in [-0.2, -0.15) is 0 Å². The van der Waals surface area contributed by atoms with Gasteiger partial charge in [0.05, 0.1) is 0 Å². The normalized spacial score (nSPS) is 20.1. The second kappa shape index (κ2) is 7.72. The summed E-state index contributed by atoms with van der Waals surface area (Å²) in [5, 5.41) is 10.8. The maximum absolute atomic E-state index is 14.5. The van der Waals surface area contributed by atoms with Crippen LogP contribution in [0.4, 0.5) is 4.39 Å². The third-order valence-corrected chi connectivity index (χ3v) is 6.15. The average Bonchev–Trinajstić information content (AvgIpc) is 2.69. The van der Waals surface area contributed by atoms with Gasteiger partial charge in [-0.1, -0.05) is 50.1 Å². The number of hydrogen-bond acceptors (Lipinski definition) is 1. The standard InChI is InChI=1S/C25H27FO/c1-2-3-17-4-6-18(7-5-17)19-8-10-20(11-9-19)22-14-21-12-13-23(27)16-24(21)25(26)15-22/h8-18,27H,2-7H2,1H3. The Morgan fingerprint density at radius 2 is 1.63 bits per heavy atom. The van der Waals surface area contributed by atoms with Crippen LogP contribution in [-0.4, -0.2) is 5.11 Å². The first-order valence-corrected chi connectivity index (χ1v) is 10.2. The SMILES string of the molecule is CCCC1CCC(c2ccc(-c3cc(F)c4cc(O)ccc4c3)cc2)CC1. The lowest BCUT2D eigenvalue weighted by molar-refractivity contribution is 0.308. The van der Waals surface area contributed by atoms with Gasteiger partial charge in [-0.15, -0.1) is 0 Å². The molecule has 0 saturated heterocycles. The Hall–Kier alpha value is -2.35. The molecule has 3 aromatic rings. The van der Waals surface area contributed by atoms with E-state index in [1.54, 1.807) is 18.2 Å². The molecule has 27 heavy (non-hydrogen) atoms. The molecule has 140 valence electrons. The highest BCUT2D eigenvalue weighted by Gasteiger charge is 2.21. The van der Waals surface area contributed by atoms with E-state index in [0.29, 0.717) is 11.3 Å². The number of hydrogen-bond donors (Lipinski definition) is 1. The van der Waals surface area contributed by atoms with Crippen LogP contribution in [0.15, 0.2) is 54.6 Å². The molecule has 1 fully saturated rings. The third kappa shape index (κ3) is 3.85. The fourth-order valence-corrected chi connectivity index (χ4v) is 4.61. The number of halogens is 1. The number of rotatable bonds is 4. The second-order valence-electron chi connectivity index (χ2n) is 7.99. The van der Waals surface area contributed by atoms with Crippen molar-refractivity contribution in [2.45, 2.75) is 51.4 Å². The lowest BCUT2D eigenvalue weighted by atomic mass is 9.77. The molecule has 2 heteroatoms. The third-order valence-electron chi connectivity index (χ3n) is 6.15. The first-order valence-electron chi connectivity index (χ1n) is 10.2. The van der Waals surface area contributed by atoms with Gasteiger partial charge in [0.2, 0.25) is 0 Å². The number of aromatic hydroxyl groups is 1. The number of phenolic OH excluding ortho intramolecular Hbond substituents is 1. The summed E-state index contributed by atoms with van der Waals surface area (Å²) in [6.45, 7) is 2.28. The summed E-state index contributed by atoms with van der Waals surface area (Å²) in [7, 11) is 0. The van der Waals surface area contributed by atoms with E-state index in [1.807, 2.05) is 6.07 Å². The van der Waals surface area contributed by atoms with Crippen LogP contribution in [0, 0.1) is 11.7 Å². The molecule has 0 atom stereocenters. The quantitative estimate of drug-likeness (QED) is 0.512. The molecule has 0 unspecified atom stereocenters. The van der Waals surface area contributed by atoms with Crippen molar-refractivity contribution in [1.82, 2.24) is 0 Å². The molecule has 0 aliphatic heterocycles. The molecular weight excluding hydrogens is 335 g/mol. The highest BCUT2D eigenvalue weighted by Crippen LogP contribution is 2.38. The summed E-state index contributed by atoms with van der Waals surface area (Å²) < 4.78 is 14.5. The van der Waals surface area contributed by atoms with E-state index in [1.165, 1.54) is 50.2 Å². The second-order valence-corrected chi connectivity index (χ2v) is 7.99. The smallest absolute Gasteiger partial charge is 0.131 e. The van der Waals surface area contributed by atoms with E-state index in [2.05, 4.69) is 31.2 Å². The van der Waals surface area contributed by atoms with Crippen molar-refractivity contribution in [2.24, 2.45) is 5.92 Å². The molecule has 0 heterocycles. The molecule has 0 amide bonds. The molecule has 1 nitrogen and oxygen atoms in total. The van der Waals surface area contributed by atoms with Gasteiger partial charge in [-0.25, -0.2) is 4.39 Å². The molecular formula is C25H27FO. The van der Waals surface area contributed by atoms with Crippen molar-refractivity contribution in [2.75, 3.05) is 0 Å². The molecule has 3 aromatic carbocycles. The molecule has 1 aliphatic rings. The average molecular weight is 362 g/mol. The van der Waals surface area contributed by atoms with Crippen LogP contribution >= 0.6 is 0 Å². The molecule has 4 rings (SSSR count). The highest BCUT2D eigenvalue weighted by molar-refractivity contribution is 5.89. The van der Waals surface area contributed by atoms with Gasteiger partial charge in [0.1, 0.15) is 11.6 Å². The van der Waals surface area contributed by atoms with Crippen molar-refractivity contribution >= 4 is 10.8 Å². The molecule has 1 saturated carbocycles. The maximum Gasteiger partial charge on any atom is 0.131 e. The van der Waals surface area contributed by atoms with Gasteiger partial charge in [-0.3, -0.25) is 0 Å². The fraction of sp³-hybridized carbons (Fsp3) is 0.360. The van der Waals surface area contributed by atoms with E-state index < -0.39 is 0 Å². The maximum atomic E-state index is 14.5. The predicted octanol–water partition coefficient (Wildman–Crippen LogP) is 7.43. The molecule has 0 spiro atoms. The highest BCUT2D eigenvalue weighted by atomic mass is 19.1. The van der Waals surface area contributed by atoms with Crippen LogP contribution < -0.4 is 0 Å². The molecule has 0 aromatic heterocycles. The van der Waals surface area contributed by atoms with E-state index in [4.69, 9.17) is 0 Å². The van der Waals surface area contributed by atoms with Crippen molar-refractivity contribution < 1.29 is 9.50 Å². The zero-order valence-electron chi connectivity index (χ0n) is 15.9. The monoisotopic (exact) mass is 362 g/mol. The lowest BCUT2D eigenvalue weighted by Crippen LogP contribution is -2.13. The Kier molecular flexibility index (Phi) is 5.15. The Balaban J connectivity index is 1.54. The zero-order valence-corrected chi connectivity index (χ0v) is 15.9. The Labute approximate surface area is 160 Å². The van der Waals surface area contributed by atoms with Gasteiger partial charge in [0.25, 0.3) is 0 Å². The summed E-state index contributed by atoms with van der Waals surface area (Å²) in [5.74, 6) is 1.39. The van der Waals surface area contributed by atoms with Crippen LogP contribution in [0.1, 0.15) is 56.9 Å². The fourth-order valence-electron chi connectivity index (χ4n) is 4.61. The van der Waals surface area contributed by atoms with Crippen molar-refractivity contribution in [3.05, 3.63) is 66.0 Å². The summed E-state index contributed by atoms with van der Waals surface area (Å²) in [6, 6.07) is 17.1. The van der Waals surface area contributed by atoms with Gasteiger partial charge in [0.15, 0.2) is 0 Å². The molecule has 1 aliphatic carbocycles. The van der Waals surface area contributed by atoms with Crippen molar-refractivity contribution in [3.8, 4) is 16.9 Å². The van der Waals surface area contributed by atoms with Crippen molar-refractivity contribution in [3.63, 3.8) is 0 Å². The molecule has 1 N–H and O–H groups in total. The number of benzene rings is 3. The summed E-state index contributed by atoms with van der Waals surface area (Å²) in [6.07, 6.45) is 7.95.